The van der Waals surface area contributed by atoms with E-state index in [1.807, 2.05) is 30.3 Å². The van der Waals surface area contributed by atoms with Crippen molar-refractivity contribution >= 4 is 28.1 Å². The van der Waals surface area contributed by atoms with E-state index in [0.717, 1.165) is 16.9 Å². The molecule has 0 bridgehead atoms. The predicted octanol–water partition coefficient (Wildman–Crippen LogP) is 4.33. The first-order chi connectivity index (χ1) is 14.0. The fourth-order valence-electron chi connectivity index (χ4n) is 2.66. The number of thiazole rings is 1. The summed E-state index contributed by atoms with van der Waals surface area (Å²) in [5, 5.41) is 18.0. The van der Waals surface area contributed by atoms with Crippen molar-refractivity contribution in [2.75, 3.05) is 5.32 Å². The van der Waals surface area contributed by atoms with Gasteiger partial charge in [-0.05, 0) is 13.0 Å². The second-order valence-electron chi connectivity index (χ2n) is 5.95. The van der Waals surface area contributed by atoms with Gasteiger partial charge in [0.15, 0.2) is 5.13 Å². The highest BCUT2D eigenvalue weighted by atomic mass is 32.1. The fourth-order valence-corrected chi connectivity index (χ4v) is 3.54. The van der Waals surface area contributed by atoms with E-state index in [4.69, 9.17) is 4.52 Å². The summed E-state index contributed by atoms with van der Waals surface area (Å²) in [4.78, 5) is 32.3. The van der Waals surface area contributed by atoms with Crippen molar-refractivity contribution in [2.24, 2.45) is 0 Å². The summed E-state index contributed by atoms with van der Waals surface area (Å²) in [6.45, 7) is 1.75. The average molecular weight is 407 g/mol. The lowest BCUT2D eigenvalue weighted by atomic mass is 10.1. The molecule has 0 saturated heterocycles. The quantitative estimate of drug-likeness (QED) is 0.386. The topological polar surface area (TPSA) is 124 Å². The lowest BCUT2D eigenvalue weighted by Crippen LogP contribution is -2.13. The van der Waals surface area contributed by atoms with Crippen LogP contribution in [0.3, 0.4) is 0 Å². The second-order valence-corrected chi connectivity index (χ2v) is 6.95. The number of carbonyl (C=O) groups excluding carboxylic acids is 1. The Kier molecular flexibility index (Phi) is 4.83. The number of aryl methyl sites for hydroxylation is 1. The number of carbonyl (C=O) groups is 1. The summed E-state index contributed by atoms with van der Waals surface area (Å²) in [5.41, 5.74) is 1.09. The maximum absolute atomic E-state index is 12.5. The molecule has 144 valence electrons. The number of nitro benzene ring substituents is 1. The number of nitrogens with one attached hydrogen (secondary N) is 1. The maximum atomic E-state index is 12.5. The zero-order chi connectivity index (χ0) is 20.4. The fraction of sp³-hybridized carbons (Fsp3) is 0.0526. The minimum atomic E-state index is -0.617. The molecule has 4 rings (SSSR count). The zero-order valence-electron chi connectivity index (χ0n) is 15.0. The van der Waals surface area contributed by atoms with Gasteiger partial charge in [-0.25, -0.2) is 4.98 Å². The van der Waals surface area contributed by atoms with Gasteiger partial charge in [-0.2, -0.15) is 4.98 Å². The summed E-state index contributed by atoms with van der Waals surface area (Å²) in [7, 11) is 0. The van der Waals surface area contributed by atoms with E-state index >= 15 is 0 Å². The van der Waals surface area contributed by atoms with Crippen LogP contribution in [0.5, 0.6) is 0 Å². The smallest absolute Gasteiger partial charge is 0.282 e. The van der Waals surface area contributed by atoms with Crippen LogP contribution >= 0.6 is 11.3 Å². The number of para-hydroxylation sites is 1. The van der Waals surface area contributed by atoms with Crippen LogP contribution < -0.4 is 5.32 Å². The Morgan fingerprint density at radius 1 is 1.10 bits per heavy atom. The molecule has 10 heteroatoms. The number of anilines is 1. The summed E-state index contributed by atoms with van der Waals surface area (Å²) in [6.07, 6.45) is 0. The van der Waals surface area contributed by atoms with Crippen LogP contribution in [-0.4, -0.2) is 26.0 Å². The van der Waals surface area contributed by atoms with Gasteiger partial charge < -0.3 is 4.52 Å². The monoisotopic (exact) mass is 407 g/mol. The average Bonchev–Trinajstić information content (AvgIpc) is 3.35. The number of hydrogen-bond acceptors (Lipinski definition) is 8. The Balaban J connectivity index is 1.59. The molecule has 0 aliphatic carbocycles. The Hall–Kier alpha value is -3.92. The molecular weight excluding hydrogens is 394 g/mol. The van der Waals surface area contributed by atoms with Gasteiger partial charge in [0.25, 0.3) is 17.5 Å². The summed E-state index contributed by atoms with van der Waals surface area (Å²) in [6, 6.07) is 15.1. The van der Waals surface area contributed by atoms with E-state index in [1.165, 1.54) is 18.2 Å². The lowest BCUT2D eigenvalue weighted by molar-refractivity contribution is -0.385. The van der Waals surface area contributed by atoms with Crippen molar-refractivity contribution in [3.05, 3.63) is 76.0 Å². The normalized spacial score (nSPS) is 10.7. The van der Waals surface area contributed by atoms with E-state index < -0.39 is 10.8 Å². The molecule has 0 atom stereocenters. The van der Waals surface area contributed by atoms with Crippen LogP contribution in [0.2, 0.25) is 0 Å². The minimum absolute atomic E-state index is 0.0453. The van der Waals surface area contributed by atoms with Crippen LogP contribution in [-0.2, 0) is 0 Å². The molecular formula is C19H13N5O4S. The van der Waals surface area contributed by atoms with Gasteiger partial charge in [-0.15, -0.1) is 0 Å². The predicted molar refractivity (Wildman–Crippen MR) is 107 cm³/mol. The largest absolute Gasteiger partial charge is 0.333 e. The molecule has 9 nitrogen and oxygen atoms in total. The van der Waals surface area contributed by atoms with Gasteiger partial charge in [0.1, 0.15) is 10.4 Å². The Morgan fingerprint density at radius 3 is 2.59 bits per heavy atom. The Morgan fingerprint density at radius 2 is 1.83 bits per heavy atom. The molecule has 0 aliphatic rings. The molecule has 1 amide bonds. The first-order valence-corrected chi connectivity index (χ1v) is 9.26. The van der Waals surface area contributed by atoms with E-state index in [-0.39, 0.29) is 22.3 Å². The molecule has 0 unspecified atom stereocenters. The molecule has 2 aromatic heterocycles. The first-order valence-electron chi connectivity index (χ1n) is 8.44. The third-order valence-electron chi connectivity index (χ3n) is 4.01. The van der Waals surface area contributed by atoms with Gasteiger partial charge in [0, 0.05) is 11.6 Å². The van der Waals surface area contributed by atoms with E-state index in [2.05, 4.69) is 20.4 Å². The Bertz CT molecular complexity index is 1200. The molecule has 2 aromatic carbocycles. The van der Waals surface area contributed by atoms with Crippen LogP contribution in [0.4, 0.5) is 10.8 Å². The minimum Gasteiger partial charge on any atom is -0.333 e. The van der Waals surface area contributed by atoms with Crippen molar-refractivity contribution in [3.63, 3.8) is 0 Å². The molecule has 0 saturated carbocycles. The summed E-state index contributed by atoms with van der Waals surface area (Å²) >= 11 is 1.15. The van der Waals surface area contributed by atoms with Crippen molar-refractivity contribution < 1.29 is 14.2 Å². The van der Waals surface area contributed by atoms with Crippen molar-refractivity contribution in [1.29, 1.82) is 0 Å². The second kappa shape index (κ2) is 7.60. The van der Waals surface area contributed by atoms with Gasteiger partial charge >= 0.3 is 0 Å². The molecule has 4 aromatic rings. The molecule has 0 spiro atoms. The number of amides is 1. The number of nitro groups is 1. The number of hydrogen-bond donors (Lipinski definition) is 1. The number of aromatic nitrogens is 3. The number of nitrogens with zero attached hydrogens (tertiary/aromatic N) is 4. The lowest BCUT2D eigenvalue weighted by Gasteiger charge is -2.02. The highest BCUT2D eigenvalue weighted by molar-refractivity contribution is 7.19. The van der Waals surface area contributed by atoms with Crippen molar-refractivity contribution in [2.45, 2.75) is 6.92 Å². The highest BCUT2D eigenvalue weighted by Gasteiger charge is 2.22. The molecule has 1 N–H and O–H groups in total. The van der Waals surface area contributed by atoms with Crippen LogP contribution in [0.25, 0.3) is 22.2 Å². The zero-order valence-corrected chi connectivity index (χ0v) is 15.8. The summed E-state index contributed by atoms with van der Waals surface area (Å²) in [5.74, 6) is 0.108. The molecule has 2 heterocycles. The summed E-state index contributed by atoms with van der Waals surface area (Å²) < 4.78 is 5.35. The standard InChI is InChI=1S/C19H13N5O4S/c1-11-15(18-21-16(23-28-18)12-7-3-2-4-8-12)29-19(20-11)22-17(25)13-9-5-6-10-14(13)24(26)27/h2-10H,1H3,(H,20,22,25). The van der Waals surface area contributed by atoms with Crippen LogP contribution in [0, 0.1) is 17.0 Å². The number of rotatable bonds is 5. The van der Waals surface area contributed by atoms with Gasteiger partial charge in [-0.3, -0.25) is 20.2 Å². The molecule has 0 radical (unpaired) electrons. The van der Waals surface area contributed by atoms with E-state index in [0.29, 0.717) is 16.4 Å². The highest BCUT2D eigenvalue weighted by Crippen LogP contribution is 2.33. The number of benzene rings is 2. The van der Waals surface area contributed by atoms with Crippen molar-refractivity contribution in [1.82, 2.24) is 15.1 Å². The van der Waals surface area contributed by atoms with Gasteiger partial charge in [0.2, 0.25) is 5.82 Å². The van der Waals surface area contributed by atoms with Gasteiger partial charge in [0.05, 0.1) is 10.6 Å². The first kappa shape index (κ1) is 18.4. The maximum Gasteiger partial charge on any atom is 0.282 e. The van der Waals surface area contributed by atoms with E-state index in [9.17, 15) is 14.9 Å². The van der Waals surface area contributed by atoms with Gasteiger partial charge in [-0.1, -0.05) is 59.0 Å². The third-order valence-corrected chi connectivity index (χ3v) is 5.08. The van der Waals surface area contributed by atoms with E-state index in [1.54, 1.807) is 13.0 Å². The Labute approximate surface area is 168 Å². The van der Waals surface area contributed by atoms with Crippen LogP contribution in [0.15, 0.2) is 59.1 Å². The SMILES string of the molecule is Cc1nc(NC(=O)c2ccccc2[N+](=O)[O-])sc1-c1nc(-c2ccccc2)no1. The molecule has 0 fully saturated rings. The third kappa shape index (κ3) is 3.73. The molecule has 29 heavy (non-hydrogen) atoms. The van der Waals surface area contributed by atoms with Crippen molar-refractivity contribution in [3.8, 4) is 22.2 Å². The van der Waals surface area contributed by atoms with Crippen LogP contribution in [0.1, 0.15) is 16.1 Å². The molecule has 0 aliphatic heterocycles.